The molecule has 1 unspecified atom stereocenters. The third kappa shape index (κ3) is 7.38. The molecule has 31 heavy (non-hydrogen) atoms. The summed E-state index contributed by atoms with van der Waals surface area (Å²) in [6.45, 7) is 5.91. The van der Waals surface area contributed by atoms with E-state index in [1.54, 1.807) is 24.3 Å². The molecule has 3 rings (SSSR count). The number of carbonyl (C=O) groups excluding carboxylic acids is 1. The Hall–Kier alpha value is -2.35. The average molecular weight is 452 g/mol. The fourth-order valence-electron chi connectivity index (χ4n) is 3.48. The van der Waals surface area contributed by atoms with Gasteiger partial charge in [0.05, 0.1) is 18.4 Å². The normalized spacial score (nSPS) is 15.1. The van der Waals surface area contributed by atoms with Gasteiger partial charge in [0.25, 0.3) is 0 Å². The summed E-state index contributed by atoms with van der Waals surface area (Å²) in [6.07, 6.45) is 0.713. The summed E-state index contributed by atoms with van der Waals surface area (Å²) in [5.41, 5.74) is 2.05. The SMILES string of the molecule is CCCCOC(=O)Nc1ccc(C(O)CN2CCN(c3ccccc3F)CC2)cc1.Cl. The van der Waals surface area contributed by atoms with Gasteiger partial charge >= 0.3 is 6.09 Å². The van der Waals surface area contributed by atoms with Crippen LogP contribution in [0.4, 0.5) is 20.6 Å². The number of hydrogen-bond acceptors (Lipinski definition) is 5. The van der Waals surface area contributed by atoms with Crippen LogP contribution in [0.1, 0.15) is 31.4 Å². The molecule has 1 fully saturated rings. The van der Waals surface area contributed by atoms with Gasteiger partial charge in [-0.15, -0.1) is 12.4 Å². The Morgan fingerprint density at radius 1 is 1.13 bits per heavy atom. The van der Waals surface area contributed by atoms with E-state index in [1.807, 2.05) is 30.0 Å². The topological polar surface area (TPSA) is 65.0 Å². The fraction of sp³-hybridized carbons (Fsp3) is 0.435. The zero-order valence-corrected chi connectivity index (χ0v) is 18.6. The van der Waals surface area contributed by atoms with Gasteiger partial charge in [-0.3, -0.25) is 10.2 Å². The molecule has 1 atom stereocenters. The molecule has 1 heterocycles. The van der Waals surface area contributed by atoms with Crippen LogP contribution in [0.3, 0.4) is 0 Å². The van der Waals surface area contributed by atoms with Crippen molar-refractivity contribution in [3.63, 3.8) is 0 Å². The molecule has 170 valence electrons. The lowest BCUT2D eigenvalue weighted by Gasteiger charge is -2.37. The summed E-state index contributed by atoms with van der Waals surface area (Å²) in [4.78, 5) is 15.9. The molecule has 2 N–H and O–H groups in total. The lowest BCUT2D eigenvalue weighted by molar-refractivity contribution is 0.109. The van der Waals surface area contributed by atoms with E-state index in [0.717, 1.165) is 44.6 Å². The lowest BCUT2D eigenvalue weighted by atomic mass is 10.1. The number of nitrogens with one attached hydrogen (secondary N) is 1. The van der Waals surface area contributed by atoms with Gasteiger partial charge in [-0.2, -0.15) is 0 Å². The molecule has 0 bridgehead atoms. The number of benzene rings is 2. The lowest BCUT2D eigenvalue weighted by Crippen LogP contribution is -2.47. The van der Waals surface area contributed by atoms with E-state index in [9.17, 15) is 14.3 Å². The molecule has 0 aliphatic carbocycles. The minimum absolute atomic E-state index is 0. The maximum Gasteiger partial charge on any atom is 0.411 e. The first kappa shape index (κ1) is 24.9. The minimum atomic E-state index is -0.629. The monoisotopic (exact) mass is 451 g/mol. The van der Waals surface area contributed by atoms with E-state index in [1.165, 1.54) is 6.07 Å². The van der Waals surface area contributed by atoms with Crippen molar-refractivity contribution >= 4 is 29.9 Å². The van der Waals surface area contributed by atoms with Crippen LogP contribution in [0, 0.1) is 5.82 Å². The standard InChI is InChI=1S/C23H30FN3O3.ClH/c1-2-3-16-30-23(29)25-19-10-8-18(9-11-19)22(28)17-26-12-14-27(15-13-26)21-7-5-4-6-20(21)24;/h4-11,22,28H,2-3,12-17H2,1H3,(H,25,29);1H. The number of carbonyl (C=O) groups is 1. The Morgan fingerprint density at radius 2 is 1.81 bits per heavy atom. The summed E-state index contributed by atoms with van der Waals surface area (Å²) in [5.74, 6) is -0.200. The van der Waals surface area contributed by atoms with E-state index in [-0.39, 0.29) is 18.2 Å². The smallest absolute Gasteiger partial charge is 0.411 e. The number of halogens is 2. The zero-order valence-electron chi connectivity index (χ0n) is 17.8. The van der Waals surface area contributed by atoms with Crippen LogP contribution in [0.5, 0.6) is 0 Å². The van der Waals surface area contributed by atoms with Crippen molar-refractivity contribution in [1.29, 1.82) is 0 Å². The molecule has 2 aromatic carbocycles. The van der Waals surface area contributed by atoms with Crippen LogP contribution >= 0.6 is 12.4 Å². The Balaban J connectivity index is 0.00000341. The van der Waals surface area contributed by atoms with Crippen LogP contribution in [0.2, 0.25) is 0 Å². The molecule has 0 aromatic heterocycles. The summed E-state index contributed by atoms with van der Waals surface area (Å²) in [7, 11) is 0. The second kappa shape index (κ2) is 12.5. The predicted molar refractivity (Wildman–Crippen MR) is 124 cm³/mol. The number of para-hydroxylation sites is 1. The maximum absolute atomic E-state index is 14.0. The molecule has 1 aliphatic rings. The highest BCUT2D eigenvalue weighted by Gasteiger charge is 2.21. The fourth-order valence-corrected chi connectivity index (χ4v) is 3.48. The second-order valence-corrected chi connectivity index (χ2v) is 7.49. The van der Waals surface area contributed by atoms with Crippen LogP contribution in [-0.4, -0.2) is 55.4 Å². The summed E-state index contributed by atoms with van der Waals surface area (Å²) in [6, 6.07) is 14.0. The van der Waals surface area contributed by atoms with Crippen molar-refractivity contribution in [3.8, 4) is 0 Å². The van der Waals surface area contributed by atoms with Gasteiger partial charge in [-0.05, 0) is 36.2 Å². The molecule has 1 saturated heterocycles. The Kier molecular flexibility index (Phi) is 10.0. The van der Waals surface area contributed by atoms with E-state index >= 15 is 0 Å². The highest BCUT2D eigenvalue weighted by molar-refractivity contribution is 5.85. The van der Waals surface area contributed by atoms with Gasteiger partial charge in [-0.1, -0.05) is 37.6 Å². The van der Waals surface area contributed by atoms with Crippen molar-refractivity contribution in [2.24, 2.45) is 0 Å². The summed E-state index contributed by atoms with van der Waals surface area (Å²) >= 11 is 0. The highest BCUT2D eigenvalue weighted by Crippen LogP contribution is 2.22. The van der Waals surface area contributed by atoms with Crippen molar-refractivity contribution in [2.45, 2.75) is 25.9 Å². The number of aliphatic hydroxyl groups is 1. The Labute approximate surface area is 189 Å². The predicted octanol–water partition coefficient (Wildman–Crippen LogP) is 4.45. The van der Waals surface area contributed by atoms with Gasteiger partial charge in [0.2, 0.25) is 0 Å². The first-order valence-electron chi connectivity index (χ1n) is 10.5. The molecular weight excluding hydrogens is 421 g/mol. The molecule has 8 heteroatoms. The Morgan fingerprint density at radius 3 is 2.45 bits per heavy atom. The van der Waals surface area contributed by atoms with Gasteiger partial charge in [0.15, 0.2) is 0 Å². The van der Waals surface area contributed by atoms with Gasteiger partial charge < -0.3 is 14.7 Å². The number of anilines is 2. The van der Waals surface area contributed by atoms with E-state index in [0.29, 0.717) is 24.5 Å². The van der Waals surface area contributed by atoms with Crippen molar-refractivity contribution < 1.29 is 19.0 Å². The number of piperazine rings is 1. The van der Waals surface area contributed by atoms with Crippen LogP contribution in [0.25, 0.3) is 0 Å². The van der Waals surface area contributed by atoms with Crippen LogP contribution in [0.15, 0.2) is 48.5 Å². The molecule has 6 nitrogen and oxygen atoms in total. The number of unbranched alkanes of at least 4 members (excludes halogenated alkanes) is 1. The maximum atomic E-state index is 14.0. The van der Waals surface area contributed by atoms with Crippen LogP contribution in [-0.2, 0) is 4.74 Å². The third-order valence-electron chi connectivity index (χ3n) is 5.27. The van der Waals surface area contributed by atoms with Crippen molar-refractivity contribution in [1.82, 2.24) is 4.90 Å². The molecule has 0 spiro atoms. The average Bonchev–Trinajstić information content (AvgIpc) is 2.75. The summed E-state index contributed by atoms with van der Waals surface area (Å²) < 4.78 is 19.0. The number of aliphatic hydroxyl groups excluding tert-OH is 1. The number of nitrogens with zero attached hydrogens (tertiary/aromatic N) is 2. The quantitative estimate of drug-likeness (QED) is 0.580. The zero-order chi connectivity index (χ0) is 21.3. The number of ether oxygens (including phenoxy) is 1. The first-order chi connectivity index (χ1) is 14.6. The van der Waals surface area contributed by atoms with Gasteiger partial charge in [0, 0.05) is 38.4 Å². The number of amides is 1. The summed E-state index contributed by atoms with van der Waals surface area (Å²) in [5, 5.41) is 13.3. The Bertz CT molecular complexity index is 814. The van der Waals surface area contributed by atoms with Crippen molar-refractivity contribution in [3.05, 3.63) is 59.9 Å². The van der Waals surface area contributed by atoms with Gasteiger partial charge in [0.1, 0.15) is 5.82 Å². The first-order valence-corrected chi connectivity index (χ1v) is 10.5. The van der Waals surface area contributed by atoms with Crippen molar-refractivity contribution in [2.75, 3.05) is 49.5 Å². The van der Waals surface area contributed by atoms with Gasteiger partial charge in [-0.25, -0.2) is 9.18 Å². The van der Waals surface area contributed by atoms with Crippen LogP contribution < -0.4 is 10.2 Å². The van der Waals surface area contributed by atoms with E-state index in [2.05, 4.69) is 10.2 Å². The number of β-amino-alcohol motifs (C(OH)–C–C–N with tert-alkyl or cyclic N) is 1. The number of rotatable bonds is 8. The highest BCUT2D eigenvalue weighted by atomic mass is 35.5. The number of hydrogen-bond donors (Lipinski definition) is 2. The molecule has 1 amide bonds. The minimum Gasteiger partial charge on any atom is -0.449 e. The molecule has 2 aromatic rings. The second-order valence-electron chi connectivity index (χ2n) is 7.49. The van der Waals surface area contributed by atoms with E-state index < -0.39 is 12.2 Å². The third-order valence-corrected chi connectivity index (χ3v) is 5.27. The molecule has 1 aliphatic heterocycles. The molecular formula is C23H31ClFN3O3. The molecule has 0 saturated carbocycles. The van der Waals surface area contributed by atoms with E-state index in [4.69, 9.17) is 4.74 Å². The molecule has 0 radical (unpaired) electrons. The largest absolute Gasteiger partial charge is 0.449 e.